The Kier molecular flexibility index (Phi) is 4.76. The molecule has 0 saturated heterocycles. The van der Waals surface area contributed by atoms with Crippen molar-refractivity contribution in [3.8, 4) is 22.0 Å². The summed E-state index contributed by atoms with van der Waals surface area (Å²) in [6, 6.07) is 12.5. The lowest BCUT2D eigenvalue weighted by Crippen LogP contribution is -1.87. The van der Waals surface area contributed by atoms with Crippen LogP contribution in [-0.2, 0) is 0 Å². The number of thiophene rings is 1. The molecule has 0 spiro atoms. The second-order valence-electron chi connectivity index (χ2n) is 7.14. The summed E-state index contributed by atoms with van der Waals surface area (Å²) >= 11 is 1.77. The minimum Gasteiger partial charge on any atom is -0.337 e. The van der Waals surface area contributed by atoms with Crippen molar-refractivity contribution in [1.29, 1.82) is 0 Å². The summed E-state index contributed by atoms with van der Waals surface area (Å²) in [4.78, 5) is 23.0. The Balaban J connectivity index is 1.62. The van der Waals surface area contributed by atoms with E-state index in [-0.39, 0.29) is 0 Å². The number of pyridine rings is 1. The number of benzene rings is 1. The highest BCUT2D eigenvalue weighted by atomic mass is 32.1. The van der Waals surface area contributed by atoms with Gasteiger partial charge in [-0.05, 0) is 50.4 Å². The lowest BCUT2D eigenvalue weighted by Gasteiger charge is -2.00. The number of para-hydroxylation sites is 1. The maximum absolute atomic E-state index is 4.92. The summed E-state index contributed by atoms with van der Waals surface area (Å²) in [7, 11) is 0. The minimum atomic E-state index is 0.717. The molecule has 0 atom stereocenters. The summed E-state index contributed by atoms with van der Waals surface area (Å²) < 4.78 is 0. The number of imidazole rings is 1. The molecule has 31 heavy (non-hydrogen) atoms. The summed E-state index contributed by atoms with van der Waals surface area (Å²) in [6.07, 6.45) is 4.88. The van der Waals surface area contributed by atoms with Crippen molar-refractivity contribution in [2.45, 2.75) is 13.8 Å². The molecule has 0 aliphatic heterocycles. The molecule has 7 nitrogen and oxygen atoms in total. The van der Waals surface area contributed by atoms with Crippen molar-refractivity contribution in [3.05, 3.63) is 59.4 Å². The van der Waals surface area contributed by atoms with Crippen LogP contribution in [-0.4, -0.2) is 38.2 Å². The topological polar surface area (TPSA) is 95.0 Å². The van der Waals surface area contributed by atoms with Gasteiger partial charge >= 0.3 is 0 Å². The fourth-order valence-electron chi connectivity index (χ4n) is 3.49. The minimum absolute atomic E-state index is 0.717. The number of aromatic nitrogens is 5. The molecule has 4 heterocycles. The van der Waals surface area contributed by atoms with Crippen LogP contribution < -0.4 is 0 Å². The van der Waals surface area contributed by atoms with Gasteiger partial charge in [0.1, 0.15) is 12.0 Å². The van der Waals surface area contributed by atoms with Crippen LogP contribution in [0.1, 0.15) is 17.5 Å². The lowest BCUT2D eigenvalue weighted by atomic mass is 10.1. The van der Waals surface area contributed by atoms with Gasteiger partial charge in [0.15, 0.2) is 5.82 Å². The molecule has 0 amide bonds. The van der Waals surface area contributed by atoms with Gasteiger partial charge in [0, 0.05) is 26.9 Å². The number of fused-ring (bicyclic) bond motifs is 2. The van der Waals surface area contributed by atoms with E-state index in [1.807, 2.05) is 25.1 Å². The van der Waals surface area contributed by atoms with Crippen LogP contribution in [0.4, 0.5) is 0 Å². The van der Waals surface area contributed by atoms with Gasteiger partial charge in [0.25, 0.3) is 0 Å². The fraction of sp³-hybridized carbons (Fsp3) is 0.0870. The summed E-state index contributed by atoms with van der Waals surface area (Å²) in [6.45, 7) is 7.45. The SMILES string of the molecule is C=NC=N/C=C(\C)c1cc2c(-c3nc4c(-c5ccc(C)s5)cccc4[nH]3)n[nH]c2cn1. The monoisotopic (exact) mass is 425 g/mol. The van der Waals surface area contributed by atoms with Gasteiger partial charge in [-0.3, -0.25) is 15.1 Å². The average molecular weight is 426 g/mol. The van der Waals surface area contributed by atoms with E-state index >= 15 is 0 Å². The first kappa shape index (κ1) is 19.1. The Morgan fingerprint density at radius 2 is 2.10 bits per heavy atom. The number of allylic oxidation sites excluding steroid dienone is 1. The van der Waals surface area contributed by atoms with Crippen LogP contribution in [0.25, 0.3) is 49.5 Å². The van der Waals surface area contributed by atoms with Crippen molar-refractivity contribution in [3.63, 3.8) is 0 Å². The molecule has 1 aromatic carbocycles. The predicted molar refractivity (Wildman–Crippen MR) is 129 cm³/mol. The first-order valence-electron chi connectivity index (χ1n) is 9.68. The second kappa shape index (κ2) is 7.73. The standard InChI is InChI=1S/C23H19N7S/c1-13(10-25-12-24-3)18-9-16-19(11-26-18)29-30-22(16)23-27-17-6-4-5-15(21(17)28-23)20-8-7-14(2)31-20/h4-12H,3H2,1-2H3,(H,27,28)(H,29,30)/b13-10+,25-12?. The molecule has 0 bridgehead atoms. The van der Waals surface area contributed by atoms with E-state index in [2.05, 4.69) is 62.0 Å². The smallest absolute Gasteiger partial charge is 0.159 e. The summed E-state index contributed by atoms with van der Waals surface area (Å²) in [5, 5.41) is 8.51. The Bertz CT molecular complexity index is 1480. The normalized spacial score (nSPS) is 12.4. The van der Waals surface area contributed by atoms with E-state index < -0.39 is 0 Å². The van der Waals surface area contributed by atoms with Gasteiger partial charge in [0.2, 0.25) is 0 Å². The zero-order valence-electron chi connectivity index (χ0n) is 17.0. The van der Waals surface area contributed by atoms with E-state index in [9.17, 15) is 0 Å². The zero-order valence-corrected chi connectivity index (χ0v) is 17.9. The molecule has 0 radical (unpaired) electrons. The van der Waals surface area contributed by atoms with Crippen molar-refractivity contribution in [2.75, 3.05) is 0 Å². The third-order valence-corrected chi connectivity index (χ3v) is 6.04. The molecule has 0 aliphatic rings. The number of aryl methyl sites for hydroxylation is 1. The Morgan fingerprint density at radius 3 is 2.90 bits per heavy atom. The highest BCUT2D eigenvalue weighted by molar-refractivity contribution is 7.15. The van der Waals surface area contributed by atoms with Crippen molar-refractivity contribution in [1.82, 2.24) is 25.1 Å². The van der Waals surface area contributed by atoms with Crippen molar-refractivity contribution >= 4 is 51.9 Å². The fourth-order valence-corrected chi connectivity index (χ4v) is 4.39. The third kappa shape index (κ3) is 3.47. The Morgan fingerprint density at radius 1 is 1.19 bits per heavy atom. The van der Waals surface area contributed by atoms with E-state index in [0.29, 0.717) is 0 Å². The van der Waals surface area contributed by atoms with Crippen LogP contribution >= 0.6 is 11.3 Å². The molecule has 5 aromatic rings. The first-order valence-corrected chi connectivity index (χ1v) is 10.5. The van der Waals surface area contributed by atoms with Crippen LogP contribution in [0, 0.1) is 6.92 Å². The molecule has 4 aromatic heterocycles. The maximum atomic E-state index is 4.92. The summed E-state index contributed by atoms with van der Waals surface area (Å²) in [5.74, 6) is 0.717. The molecular formula is C23H19N7S. The number of hydrogen-bond acceptors (Lipinski definition) is 5. The van der Waals surface area contributed by atoms with Crippen molar-refractivity contribution < 1.29 is 0 Å². The van der Waals surface area contributed by atoms with Gasteiger partial charge in [-0.1, -0.05) is 12.1 Å². The molecule has 0 fully saturated rings. The predicted octanol–water partition coefficient (Wildman–Crippen LogP) is 5.63. The van der Waals surface area contributed by atoms with E-state index in [1.54, 1.807) is 23.7 Å². The quantitative estimate of drug-likeness (QED) is 0.282. The molecular weight excluding hydrogens is 406 g/mol. The van der Waals surface area contributed by atoms with Crippen LogP contribution in [0.3, 0.4) is 0 Å². The number of nitrogens with one attached hydrogen (secondary N) is 2. The third-order valence-electron chi connectivity index (χ3n) is 5.01. The molecule has 0 aliphatic carbocycles. The molecule has 0 saturated carbocycles. The average Bonchev–Trinajstić information content (AvgIpc) is 3.50. The number of aromatic amines is 2. The molecule has 2 N–H and O–H groups in total. The molecule has 5 rings (SSSR count). The zero-order chi connectivity index (χ0) is 21.4. The second-order valence-corrected chi connectivity index (χ2v) is 8.43. The molecule has 0 unspecified atom stereocenters. The van der Waals surface area contributed by atoms with E-state index in [0.717, 1.165) is 50.3 Å². The van der Waals surface area contributed by atoms with Crippen molar-refractivity contribution in [2.24, 2.45) is 9.98 Å². The van der Waals surface area contributed by atoms with Gasteiger partial charge in [0.05, 0.1) is 28.4 Å². The number of rotatable bonds is 5. The lowest BCUT2D eigenvalue weighted by molar-refractivity contribution is 1.10. The van der Waals surface area contributed by atoms with Gasteiger partial charge in [-0.25, -0.2) is 9.98 Å². The number of nitrogens with zero attached hydrogens (tertiary/aromatic N) is 5. The number of aliphatic imine (C=N–C) groups is 2. The van der Waals surface area contributed by atoms with Crippen LogP contribution in [0.15, 0.2) is 58.8 Å². The largest absolute Gasteiger partial charge is 0.337 e. The van der Waals surface area contributed by atoms with Gasteiger partial charge in [-0.2, -0.15) is 5.10 Å². The summed E-state index contributed by atoms with van der Waals surface area (Å²) in [5.41, 5.74) is 6.35. The number of hydrogen-bond donors (Lipinski definition) is 2. The molecule has 8 heteroatoms. The van der Waals surface area contributed by atoms with E-state index in [4.69, 9.17) is 4.98 Å². The Hall–Kier alpha value is -3.91. The maximum Gasteiger partial charge on any atom is 0.159 e. The molecule has 152 valence electrons. The first-order chi connectivity index (χ1) is 15.1. The van der Waals surface area contributed by atoms with Crippen LogP contribution in [0.5, 0.6) is 0 Å². The van der Waals surface area contributed by atoms with E-state index in [1.165, 1.54) is 16.1 Å². The highest BCUT2D eigenvalue weighted by Crippen LogP contribution is 2.34. The van der Waals surface area contributed by atoms with Gasteiger partial charge < -0.3 is 4.98 Å². The van der Waals surface area contributed by atoms with Crippen LogP contribution in [0.2, 0.25) is 0 Å². The highest BCUT2D eigenvalue weighted by Gasteiger charge is 2.16. The number of H-pyrrole nitrogens is 2. The Labute approximate surface area is 182 Å². The van der Waals surface area contributed by atoms with Gasteiger partial charge in [-0.15, -0.1) is 11.3 Å².